The highest BCUT2D eigenvalue weighted by molar-refractivity contribution is 5.02. The van der Waals surface area contributed by atoms with Crippen LogP contribution in [0.2, 0.25) is 0 Å². The average molecular weight is 153 g/mol. The Kier molecular flexibility index (Phi) is 1.71. The van der Waals surface area contributed by atoms with Gasteiger partial charge in [0.25, 0.3) is 0 Å². The SMILES string of the molecule is CCC1CC2CCCC1(N)C2. The minimum atomic E-state index is 0.262. The largest absolute Gasteiger partial charge is 0.325 e. The van der Waals surface area contributed by atoms with E-state index in [2.05, 4.69) is 6.92 Å². The third-order valence-corrected chi connectivity index (χ3v) is 3.85. The number of hydrogen-bond acceptors (Lipinski definition) is 1. The predicted molar refractivity (Wildman–Crippen MR) is 47.3 cm³/mol. The minimum absolute atomic E-state index is 0.262. The summed E-state index contributed by atoms with van der Waals surface area (Å²) in [6.45, 7) is 2.29. The van der Waals surface area contributed by atoms with Crippen LogP contribution in [-0.4, -0.2) is 5.54 Å². The van der Waals surface area contributed by atoms with Gasteiger partial charge in [0, 0.05) is 5.54 Å². The quantitative estimate of drug-likeness (QED) is 0.614. The van der Waals surface area contributed by atoms with Crippen molar-refractivity contribution in [1.29, 1.82) is 0 Å². The van der Waals surface area contributed by atoms with Crippen LogP contribution in [0.5, 0.6) is 0 Å². The number of nitrogens with two attached hydrogens (primary N) is 1. The van der Waals surface area contributed by atoms with E-state index in [1.165, 1.54) is 38.5 Å². The maximum Gasteiger partial charge on any atom is 0.0185 e. The molecule has 0 spiro atoms. The molecule has 2 saturated carbocycles. The van der Waals surface area contributed by atoms with Gasteiger partial charge in [-0.15, -0.1) is 0 Å². The molecule has 0 saturated heterocycles. The van der Waals surface area contributed by atoms with Crippen molar-refractivity contribution in [1.82, 2.24) is 0 Å². The van der Waals surface area contributed by atoms with Crippen LogP contribution in [0.4, 0.5) is 0 Å². The van der Waals surface area contributed by atoms with Gasteiger partial charge in [0.2, 0.25) is 0 Å². The van der Waals surface area contributed by atoms with Crippen molar-refractivity contribution in [3.05, 3.63) is 0 Å². The molecule has 0 radical (unpaired) electrons. The molecule has 1 nitrogen and oxygen atoms in total. The lowest BCUT2D eigenvalue weighted by Gasteiger charge is -2.33. The molecule has 3 atom stereocenters. The van der Waals surface area contributed by atoms with Gasteiger partial charge in [-0.25, -0.2) is 0 Å². The smallest absolute Gasteiger partial charge is 0.0185 e. The van der Waals surface area contributed by atoms with E-state index in [-0.39, 0.29) is 5.54 Å². The molecule has 2 N–H and O–H groups in total. The topological polar surface area (TPSA) is 26.0 Å². The molecule has 0 heterocycles. The van der Waals surface area contributed by atoms with E-state index in [1.54, 1.807) is 0 Å². The van der Waals surface area contributed by atoms with Crippen LogP contribution in [0, 0.1) is 11.8 Å². The lowest BCUT2D eigenvalue weighted by Crippen LogP contribution is -2.44. The van der Waals surface area contributed by atoms with Gasteiger partial charge >= 0.3 is 0 Å². The first-order valence-electron chi connectivity index (χ1n) is 5.03. The van der Waals surface area contributed by atoms with E-state index in [9.17, 15) is 0 Å². The molecular weight excluding hydrogens is 134 g/mol. The summed E-state index contributed by atoms with van der Waals surface area (Å²) in [6.07, 6.45) is 8.18. The van der Waals surface area contributed by atoms with Crippen LogP contribution in [0.15, 0.2) is 0 Å². The molecule has 2 rings (SSSR count). The normalized spacial score (nSPS) is 49.6. The Hall–Kier alpha value is -0.0400. The van der Waals surface area contributed by atoms with Crippen molar-refractivity contribution in [3.8, 4) is 0 Å². The van der Waals surface area contributed by atoms with E-state index < -0.39 is 0 Å². The monoisotopic (exact) mass is 153 g/mol. The summed E-state index contributed by atoms with van der Waals surface area (Å²) >= 11 is 0. The zero-order valence-corrected chi connectivity index (χ0v) is 7.47. The van der Waals surface area contributed by atoms with Crippen molar-refractivity contribution < 1.29 is 0 Å². The second-order valence-electron chi connectivity index (χ2n) is 4.54. The fraction of sp³-hybridized carbons (Fsp3) is 1.00. The van der Waals surface area contributed by atoms with Gasteiger partial charge in [0.15, 0.2) is 0 Å². The van der Waals surface area contributed by atoms with Gasteiger partial charge in [-0.3, -0.25) is 0 Å². The standard InChI is InChI=1S/C10H19N/c1-2-9-6-8-4-3-5-10(9,11)7-8/h8-9H,2-7,11H2,1H3. The van der Waals surface area contributed by atoms with Gasteiger partial charge in [0.05, 0.1) is 0 Å². The third kappa shape index (κ3) is 1.10. The van der Waals surface area contributed by atoms with Crippen molar-refractivity contribution in [2.75, 3.05) is 0 Å². The summed E-state index contributed by atoms with van der Waals surface area (Å²) in [5.74, 6) is 1.83. The van der Waals surface area contributed by atoms with Gasteiger partial charge in [-0.2, -0.15) is 0 Å². The molecule has 3 unspecified atom stereocenters. The highest BCUT2D eigenvalue weighted by atomic mass is 14.8. The Morgan fingerprint density at radius 1 is 1.55 bits per heavy atom. The zero-order valence-electron chi connectivity index (χ0n) is 7.47. The van der Waals surface area contributed by atoms with Crippen LogP contribution in [0.25, 0.3) is 0 Å². The predicted octanol–water partition coefficient (Wildman–Crippen LogP) is 2.30. The van der Waals surface area contributed by atoms with Crippen molar-refractivity contribution >= 4 is 0 Å². The summed E-state index contributed by atoms with van der Waals surface area (Å²) in [4.78, 5) is 0. The molecule has 11 heavy (non-hydrogen) atoms. The third-order valence-electron chi connectivity index (χ3n) is 3.85. The minimum Gasteiger partial charge on any atom is -0.325 e. The van der Waals surface area contributed by atoms with E-state index >= 15 is 0 Å². The summed E-state index contributed by atoms with van der Waals surface area (Å²) in [5.41, 5.74) is 6.62. The molecule has 0 amide bonds. The number of fused-ring (bicyclic) bond motifs is 2. The molecule has 0 aromatic carbocycles. The van der Waals surface area contributed by atoms with Crippen LogP contribution in [0.3, 0.4) is 0 Å². The molecule has 2 aliphatic rings. The molecule has 2 aliphatic carbocycles. The molecule has 0 aromatic rings. The zero-order chi connectivity index (χ0) is 7.90. The summed E-state index contributed by atoms with van der Waals surface area (Å²) in [7, 11) is 0. The molecule has 0 aromatic heterocycles. The van der Waals surface area contributed by atoms with Crippen LogP contribution in [0.1, 0.15) is 45.4 Å². The molecule has 2 bridgehead atoms. The highest BCUT2D eigenvalue weighted by Gasteiger charge is 2.45. The van der Waals surface area contributed by atoms with E-state index in [0.717, 1.165) is 11.8 Å². The van der Waals surface area contributed by atoms with Gasteiger partial charge in [-0.05, 0) is 31.1 Å². The fourth-order valence-electron chi connectivity index (χ4n) is 3.24. The Morgan fingerprint density at radius 2 is 2.36 bits per heavy atom. The second-order valence-corrected chi connectivity index (χ2v) is 4.54. The van der Waals surface area contributed by atoms with Crippen LogP contribution < -0.4 is 5.73 Å². The van der Waals surface area contributed by atoms with E-state index in [4.69, 9.17) is 5.73 Å². The summed E-state index contributed by atoms with van der Waals surface area (Å²) in [5, 5.41) is 0. The molecule has 0 aliphatic heterocycles. The van der Waals surface area contributed by atoms with Gasteiger partial charge in [-0.1, -0.05) is 26.2 Å². The Labute approximate surface area is 69.4 Å². The average Bonchev–Trinajstić information content (AvgIpc) is 2.21. The first kappa shape index (κ1) is 7.60. The van der Waals surface area contributed by atoms with E-state index in [0.29, 0.717) is 0 Å². The Morgan fingerprint density at radius 3 is 3.00 bits per heavy atom. The summed E-state index contributed by atoms with van der Waals surface area (Å²) < 4.78 is 0. The molecule has 64 valence electrons. The first-order chi connectivity index (χ1) is 5.24. The lowest BCUT2D eigenvalue weighted by molar-refractivity contribution is 0.259. The lowest BCUT2D eigenvalue weighted by atomic mass is 9.79. The molecular formula is C10H19N. The highest BCUT2D eigenvalue weighted by Crippen LogP contribution is 2.48. The van der Waals surface area contributed by atoms with E-state index in [1.807, 2.05) is 0 Å². The number of rotatable bonds is 1. The maximum atomic E-state index is 6.35. The van der Waals surface area contributed by atoms with Crippen LogP contribution >= 0.6 is 0 Å². The molecule has 2 fully saturated rings. The molecule has 1 heteroatoms. The van der Waals surface area contributed by atoms with Crippen molar-refractivity contribution in [2.45, 2.75) is 51.0 Å². The second kappa shape index (κ2) is 2.48. The van der Waals surface area contributed by atoms with Crippen molar-refractivity contribution in [2.24, 2.45) is 17.6 Å². The maximum absolute atomic E-state index is 6.35. The fourth-order valence-corrected chi connectivity index (χ4v) is 3.24. The van der Waals surface area contributed by atoms with Gasteiger partial charge in [0.1, 0.15) is 0 Å². The van der Waals surface area contributed by atoms with Gasteiger partial charge < -0.3 is 5.73 Å². The Balaban J connectivity index is 2.14. The first-order valence-corrected chi connectivity index (χ1v) is 5.03. The number of hydrogen-bond donors (Lipinski definition) is 1. The summed E-state index contributed by atoms with van der Waals surface area (Å²) in [6, 6.07) is 0. The van der Waals surface area contributed by atoms with Crippen molar-refractivity contribution in [3.63, 3.8) is 0 Å². The van der Waals surface area contributed by atoms with Crippen LogP contribution in [-0.2, 0) is 0 Å². The Bertz CT molecular complexity index is 155.